The van der Waals surface area contributed by atoms with Crippen molar-refractivity contribution in [2.45, 2.75) is 26.1 Å². The van der Waals surface area contributed by atoms with E-state index >= 15 is 0 Å². The fraction of sp³-hybridized carbons (Fsp3) is 0.533. The van der Waals surface area contributed by atoms with Gasteiger partial charge in [-0.15, -0.1) is 0 Å². The van der Waals surface area contributed by atoms with E-state index in [0.717, 1.165) is 0 Å². The van der Waals surface area contributed by atoms with Gasteiger partial charge >= 0.3 is 0 Å². The SMILES string of the molecule is C[C@@H]1CN(S(=O)(=O)CCNc2cncc(-n3cccn3)n2)C[C@H](C)O1. The average molecular weight is 366 g/mol. The van der Waals surface area contributed by atoms with Gasteiger partial charge in [0, 0.05) is 32.0 Å². The van der Waals surface area contributed by atoms with Crippen molar-refractivity contribution in [3.8, 4) is 5.82 Å². The van der Waals surface area contributed by atoms with Crippen LogP contribution in [0.15, 0.2) is 30.9 Å². The first-order valence-corrected chi connectivity index (χ1v) is 9.74. The number of anilines is 1. The van der Waals surface area contributed by atoms with Crippen LogP contribution < -0.4 is 5.32 Å². The molecule has 0 aliphatic carbocycles. The van der Waals surface area contributed by atoms with Crippen LogP contribution in [-0.2, 0) is 14.8 Å². The summed E-state index contributed by atoms with van der Waals surface area (Å²) in [5.41, 5.74) is 0. The van der Waals surface area contributed by atoms with Gasteiger partial charge in [-0.2, -0.15) is 9.40 Å². The number of hydrogen-bond acceptors (Lipinski definition) is 7. The molecular weight excluding hydrogens is 344 g/mol. The van der Waals surface area contributed by atoms with E-state index in [2.05, 4.69) is 20.4 Å². The van der Waals surface area contributed by atoms with E-state index in [1.807, 2.05) is 13.8 Å². The third-order valence-electron chi connectivity index (χ3n) is 3.81. The number of nitrogens with one attached hydrogen (secondary N) is 1. The van der Waals surface area contributed by atoms with Gasteiger partial charge in [-0.25, -0.2) is 18.1 Å². The largest absolute Gasteiger partial charge is 0.373 e. The van der Waals surface area contributed by atoms with E-state index in [9.17, 15) is 8.42 Å². The van der Waals surface area contributed by atoms with Crippen LogP contribution in [0.2, 0.25) is 0 Å². The summed E-state index contributed by atoms with van der Waals surface area (Å²) in [5.74, 6) is 1.06. The van der Waals surface area contributed by atoms with E-state index < -0.39 is 10.0 Å². The first-order valence-electron chi connectivity index (χ1n) is 8.13. The highest BCUT2D eigenvalue weighted by Crippen LogP contribution is 2.15. The van der Waals surface area contributed by atoms with E-state index in [0.29, 0.717) is 24.7 Å². The maximum atomic E-state index is 12.5. The van der Waals surface area contributed by atoms with Crippen molar-refractivity contribution in [2.24, 2.45) is 0 Å². The van der Waals surface area contributed by atoms with E-state index in [1.165, 1.54) is 4.31 Å². The van der Waals surface area contributed by atoms with Gasteiger partial charge in [0.25, 0.3) is 0 Å². The molecule has 1 N–H and O–H groups in total. The molecule has 1 saturated heterocycles. The molecule has 136 valence electrons. The quantitative estimate of drug-likeness (QED) is 0.795. The number of aromatic nitrogens is 4. The van der Waals surface area contributed by atoms with Crippen molar-refractivity contribution in [1.82, 2.24) is 24.1 Å². The first-order chi connectivity index (χ1) is 11.9. The summed E-state index contributed by atoms with van der Waals surface area (Å²) in [5, 5.41) is 7.11. The lowest BCUT2D eigenvalue weighted by molar-refractivity contribution is -0.0440. The van der Waals surface area contributed by atoms with Crippen molar-refractivity contribution < 1.29 is 13.2 Å². The molecule has 9 nitrogen and oxygen atoms in total. The van der Waals surface area contributed by atoms with E-state index in [1.54, 1.807) is 35.5 Å². The van der Waals surface area contributed by atoms with E-state index in [4.69, 9.17) is 4.74 Å². The summed E-state index contributed by atoms with van der Waals surface area (Å²) < 4.78 is 33.7. The molecule has 0 radical (unpaired) electrons. The predicted molar refractivity (Wildman–Crippen MR) is 93.0 cm³/mol. The maximum Gasteiger partial charge on any atom is 0.216 e. The Morgan fingerprint density at radius 2 is 2.04 bits per heavy atom. The lowest BCUT2D eigenvalue weighted by Crippen LogP contribution is -2.49. The highest BCUT2D eigenvalue weighted by molar-refractivity contribution is 7.89. The zero-order chi connectivity index (χ0) is 17.9. The van der Waals surface area contributed by atoms with Crippen LogP contribution in [0, 0.1) is 0 Å². The summed E-state index contributed by atoms with van der Waals surface area (Å²) in [7, 11) is -3.35. The molecule has 1 aliphatic heterocycles. The van der Waals surface area contributed by atoms with Gasteiger partial charge in [0.15, 0.2) is 5.82 Å². The molecule has 2 aromatic heterocycles. The molecule has 2 aromatic rings. The minimum absolute atomic E-state index is 0.0138. The zero-order valence-corrected chi connectivity index (χ0v) is 15.1. The van der Waals surface area contributed by atoms with Crippen LogP contribution >= 0.6 is 0 Å². The Hall–Kier alpha value is -2.04. The van der Waals surface area contributed by atoms with Gasteiger partial charge in [-0.1, -0.05) is 0 Å². The van der Waals surface area contributed by atoms with Crippen LogP contribution in [0.1, 0.15) is 13.8 Å². The summed E-state index contributed by atoms with van der Waals surface area (Å²) in [6, 6.07) is 1.79. The summed E-state index contributed by atoms with van der Waals surface area (Å²) in [6.45, 7) is 4.79. The molecular formula is C15H22N6O3S. The monoisotopic (exact) mass is 366 g/mol. The van der Waals surface area contributed by atoms with Crippen molar-refractivity contribution >= 4 is 15.8 Å². The second kappa shape index (κ2) is 7.46. The fourth-order valence-corrected chi connectivity index (χ4v) is 4.24. The Balaban J connectivity index is 1.58. The van der Waals surface area contributed by atoms with Crippen LogP contribution in [0.25, 0.3) is 5.82 Å². The summed E-state index contributed by atoms with van der Waals surface area (Å²) in [4.78, 5) is 8.47. The molecule has 3 rings (SSSR count). The number of hydrogen-bond donors (Lipinski definition) is 1. The molecule has 1 aliphatic rings. The second-order valence-electron chi connectivity index (χ2n) is 6.03. The first kappa shape index (κ1) is 17.8. The van der Waals surface area contributed by atoms with Crippen molar-refractivity contribution in [3.63, 3.8) is 0 Å². The minimum atomic E-state index is -3.35. The molecule has 0 amide bonds. The lowest BCUT2D eigenvalue weighted by atomic mass is 10.3. The second-order valence-corrected chi connectivity index (χ2v) is 8.12. The van der Waals surface area contributed by atoms with Crippen LogP contribution in [-0.4, -0.2) is 70.1 Å². The normalized spacial score (nSPS) is 22.0. The van der Waals surface area contributed by atoms with Gasteiger partial charge in [-0.05, 0) is 19.9 Å². The van der Waals surface area contributed by atoms with Crippen LogP contribution in [0.3, 0.4) is 0 Å². The number of rotatable bonds is 6. The average Bonchev–Trinajstić information content (AvgIpc) is 3.08. The van der Waals surface area contributed by atoms with Gasteiger partial charge in [0.1, 0.15) is 5.82 Å². The van der Waals surface area contributed by atoms with Crippen LogP contribution in [0.5, 0.6) is 0 Å². The number of morpholine rings is 1. The number of sulfonamides is 1. The van der Waals surface area contributed by atoms with Crippen molar-refractivity contribution in [2.75, 3.05) is 30.7 Å². The Morgan fingerprint density at radius 3 is 2.72 bits per heavy atom. The third kappa shape index (κ3) is 4.53. The molecule has 10 heteroatoms. The molecule has 25 heavy (non-hydrogen) atoms. The fourth-order valence-electron chi connectivity index (χ4n) is 2.75. The zero-order valence-electron chi connectivity index (χ0n) is 14.2. The van der Waals surface area contributed by atoms with Crippen LogP contribution in [0.4, 0.5) is 5.82 Å². The predicted octanol–water partition coefficient (Wildman–Crippen LogP) is 0.513. The Morgan fingerprint density at radius 1 is 1.28 bits per heavy atom. The summed E-state index contributed by atoms with van der Waals surface area (Å²) in [6.07, 6.45) is 6.37. The molecule has 0 bridgehead atoms. The molecule has 0 aromatic carbocycles. The molecule has 0 spiro atoms. The molecule has 0 unspecified atom stereocenters. The molecule has 2 atom stereocenters. The maximum absolute atomic E-state index is 12.5. The number of nitrogens with zero attached hydrogens (tertiary/aromatic N) is 5. The topological polar surface area (TPSA) is 102 Å². The highest BCUT2D eigenvalue weighted by Gasteiger charge is 2.30. The van der Waals surface area contributed by atoms with Crippen molar-refractivity contribution in [3.05, 3.63) is 30.9 Å². The van der Waals surface area contributed by atoms with Gasteiger partial charge in [0.2, 0.25) is 10.0 Å². The molecule has 1 fully saturated rings. The number of ether oxygens (including phenoxy) is 1. The van der Waals surface area contributed by atoms with Gasteiger partial charge in [0.05, 0.1) is 30.4 Å². The van der Waals surface area contributed by atoms with Crippen molar-refractivity contribution in [1.29, 1.82) is 0 Å². The lowest BCUT2D eigenvalue weighted by Gasteiger charge is -2.34. The highest BCUT2D eigenvalue weighted by atomic mass is 32.2. The van der Waals surface area contributed by atoms with E-state index in [-0.39, 0.29) is 24.5 Å². The standard InChI is InChI=1S/C15H22N6O3S/c1-12-10-20(11-13(2)24-12)25(22,23)7-5-17-14-8-16-9-15(19-14)21-6-3-4-18-21/h3-4,6,8-9,12-13H,5,7,10-11H2,1-2H3,(H,17,19)/t12-,13+. The molecule has 3 heterocycles. The Kier molecular flexibility index (Phi) is 5.30. The Bertz CT molecular complexity index is 785. The van der Waals surface area contributed by atoms with Gasteiger partial charge < -0.3 is 10.1 Å². The summed E-state index contributed by atoms with van der Waals surface area (Å²) >= 11 is 0. The Labute approximate surface area is 147 Å². The minimum Gasteiger partial charge on any atom is -0.373 e. The molecule has 0 saturated carbocycles. The smallest absolute Gasteiger partial charge is 0.216 e. The third-order valence-corrected chi connectivity index (χ3v) is 5.61. The van der Waals surface area contributed by atoms with Gasteiger partial charge in [-0.3, -0.25) is 4.98 Å².